The minimum Gasteiger partial charge on any atom is -0.356 e. The number of carbonyl (C=O) groups is 1. The van der Waals surface area contributed by atoms with Crippen LogP contribution in [0.4, 0.5) is 5.69 Å². The second-order valence-corrected chi connectivity index (χ2v) is 8.40. The van der Waals surface area contributed by atoms with Crippen LogP contribution in [0.15, 0.2) is 23.2 Å². The number of carbonyl (C=O) groups excluding carboxylic acids is 1. The lowest BCUT2D eigenvalue weighted by molar-refractivity contribution is -0.116. The summed E-state index contributed by atoms with van der Waals surface area (Å²) in [5.41, 5.74) is 1.77. The van der Waals surface area contributed by atoms with Gasteiger partial charge in [-0.25, -0.2) is 0 Å². The predicted octanol–water partition coefficient (Wildman–Crippen LogP) is 3.41. The maximum Gasteiger partial charge on any atom is 0.226 e. The standard InChI is InChI=1S/C21H34ClN5O/c1-16-8-9-18(17(22)14-16)26-19(28)10-11-24-20(23-4)25-15-21(2,3)27-12-6-5-7-13-27/h8-9,14H,5-7,10-13,15H2,1-4H3,(H,26,28)(H2,23,24,25). The Bertz CT molecular complexity index is 683. The summed E-state index contributed by atoms with van der Waals surface area (Å²) in [4.78, 5) is 19.0. The third-order valence-corrected chi connectivity index (χ3v) is 5.48. The van der Waals surface area contributed by atoms with Gasteiger partial charge >= 0.3 is 0 Å². The van der Waals surface area contributed by atoms with Gasteiger partial charge < -0.3 is 16.0 Å². The summed E-state index contributed by atoms with van der Waals surface area (Å²) < 4.78 is 0. The molecule has 1 aliphatic rings. The molecule has 1 aromatic rings. The van der Waals surface area contributed by atoms with Gasteiger partial charge in [0, 0.05) is 32.1 Å². The molecular formula is C21H34ClN5O. The highest BCUT2D eigenvalue weighted by molar-refractivity contribution is 6.33. The topological polar surface area (TPSA) is 68.8 Å². The first-order valence-electron chi connectivity index (χ1n) is 10.1. The lowest BCUT2D eigenvalue weighted by Gasteiger charge is -2.41. The Kier molecular flexibility index (Phi) is 8.58. The minimum atomic E-state index is -0.0812. The summed E-state index contributed by atoms with van der Waals surface area (Å²) in [5, 5.41) is 10.0. The van der Waals surface area contributed by atoms with Crippen LogP contribution < -0.4 is 16.0 Å². The fourth-order valence-corrected chi connectivity index (χ4v) is 3.64. The quantitative estimate of drug-likeness (QED) is 0.478. The van der Waals surface area contributed by atoms with E-state index in [1.165, 1.54) is 19.3 Å². The van der Waals surface area contributed by atoms with Crippen LogP contribution in [-0.4, -0.2) is 55.5 Å². The Morgan fingerprint density at radius 2 is 1.93 bits per heavy atom. The monoisotopic (exact) mass is 407 g/mol. The molecule has 28 heavy (non-hydrogen) atoms. The Morgan fingerprint density at radius 3 is 2.57 bits per heavy atom. The molecule has 7 heteroatoms. The van der Waals surface area contributed by atoms with Crippen LogP contribution >= 0.6 is 11.6 Å². The lowest BCUT2D eigenvalue weighted by atomic mass is 9.98. The fourth-order valence-electron chi connectivity index (χ4n) is 3.36. The van der Waals surface area contributed by atoms with Crippen molar-refractivity contribution in [2.75, 3.05) is 38.5 Å². The molecule has 0 unspecified atom stereocenters. The van der Waals surface area contributed by atoms with Gasteiger partial charge in [-0.1, -0.05) is 24.1 Å². The van der Waals surface area contributed by atoms with Crippen molar-refractivity contribution in [2.45, 2.75) is 52.0 Å². The molecule has 1 saturated heterocycles. The molecule has 0 spiro atoms. The van der Waals surface area contributed by atoms with Gasteiger partial charge in [-0.05, 0) is 64.4 Å². The number of benzene rings is 1. The Balaban J connectivity index is 1.73. The van der Waals surface area contributed by atoms with Crippen molar-refractivity contribution in [3.8, 4) is 0 Å². The van der Waals surface area contributed by atoms with Crippen LogP contribution in [0.25, 0.3) is 0 Å². The van der Waals surface area contributed by atoms with Gasteiger partial charge in [0.1, 0.15) is 0 Å². The van der Waals surface area contributed by atoms with Gasteiger partial charge in [-0.3, -0.25) is 14.7 Å². The van der Waals surface area contributed by atoms with E-state index in [1.807, 2.05) is 25.1 Å². The summed E-state index contributed by atoms with van der Waals surface area (Å²) in [6, 6.07) is 5.59. The minimum absolute atomic E-state index is 0.0671. The number of rotatable bonds is 7. The Labute approximate surface area is 174 Å². The second kappa shape index (κ2) is 10.7. The summed E-state index contributed by atoms with van der Waals surface area (Å²) in [6.07, 6.45) is 4.21. The molecule has 1 fully saturated rings. The normalized spacial score (nSPS) is 16.0. The number of piperidine rings is 1. The highest BCUT2D eigenvalue weighted by Crippen LogP contribution is 2.22. The molecule has 1 heterocycles. The molecule has 156 valence electrons. The van der Waals surface area contributed by atoms with E-state index in [9.17, 15) is 4.79 Å². The molecule has 0 aliphatic carbocycles. The number of likely N-dealkylation sites (tertiary alicyclic amines) is 1. The summed E-state index contributed by atoms with van der Waals surface area (Å²) >= 11 is 6.17. The van der Waals surface area contributed by atoms with E-state index in [0.29, 0.717) is 29.6 Å². The predicted molar refractivity (Wildman–Crippen MR) is 118 cm³/mol. The zero-order chi connectivity index (χ0) is 20.6. The molecule has 1 aliphatic heterocycles. The smallest absolute Gasteiger partial charge is 0.226 e. The lowest BCUT2D eigenvalue weighted by Crippen LogP contribution is -2.55. The van der Waals surface area contributed by atoms with E-state index in [2.05, 4.69) is 39.7 Å². The van der Waals surface area contributed by atoms with Gasteiger partial charge in [0.15, 0.2) is 5.96 Å². The van der Waals surface area contributed by atoms with Crippen molar-refractivity contribution in [3.63, 3.8) is 0 Å². The van der Waals surface area contributed by atoms with Crippen molar-refractivity contribution >= 4 is 29.2 Å². The maximum atomic E-state index is 12.2. The van der Waals surface area contributed by atoms with E-state index >= 15 is 0 Å². The van der Waals surface area contributed by atoms with Gasteiger partial charge in [-0.2, -0.15) is 0 Å². The van der Waals surface area contributed by atoms with Crippen LogP contribution in [0.1, 0.15) is 45.1 Å². The molecular weight excluding hydrogens is 374 g/mol. The number of nitrogens with one attached hydrogen (secondary N) is 3. The number of anilines is 1. The number of amides is 1. The van der Waals surface area contributed by atoms with Gasteiger partial charge in [0.25, 0.3) is 0 Å². The largest absolute Gasteiger partial charge is 0.356 e. The fraction of sp³-hybridized carbons (Fsp3) is 0.619. The van der Waals surface area contributed by atoms with E-state index in [0.717, 1.165) is 25.2 Å². The molecule has 6 nitrogen and oxygen atoms in total. The van der Waals surface area contributed by atoms with Crippen LogP contribution in [0.5, 0.6) is 0 Å². The number of hydrogen-bond donors (Lipinski definition) is 3. The van der Waals surface area contributed by atoms with Gasteiger partial charge in [0.05, 0.1) is 10.7 Å². The molecule has 3 N–H and O–H groups in total. The first-order valence-corrected chi connectivity index (χ1v) is 10.5. The number of aryl methyl sites for hydroxylation is 1. The van der Waals surface area contributed by atoms with Crippen LogP contribution in [-0.2, 0) is 4.79 Å². The molecule has 0 saturated carbocycles. The van der Waals surface area contributed by atoms with Gasteiger partial charge in [-0.15, -0.1) is 0 Å². The average Bonchev–Trinajstić information content (AvgIpc) is 2.67. The third-order valence-electron chi connectivity index (χ3n) is 5.17. The first kappa shape index (κ1) is 22.5. The first-order chi connectivity index (χ1) is 13.3. The summed E-state index contributed by atoms with van der Waals surface area (Å²) in [6.45, 7) is 10.1. The molecule has 0 atom stereocenters. The number of aliphatic imine (C=N–C) groups is 1. The van der Waals surface area contributed by atoms with Crippen LogP contribution in [0, 0.1) is 6.92 Å². The number of hydrogen-bond acceptors (Lipinski definition) is 3. The van der Waals surface area contributed by atoms with Crippen molar-refractivity contribution in [1.29, 1.82) is 0 Å². The summed E-state index contributed by atoms with van der Waals surface area (Å²) in [5.74, 6) is 0.633. The van der Waals surface area contributed by atoms with Crippen molar-refractivity contribution < 1.29 is 4.79 Å². The zero-order valence-electron chi connectivity index (χ0n) is 17.6. The molecule has 0 aromatic heterocycles. The van der Waals surface area contributed by atoms with Gasteiger partial charge in [0.2, 0.25) is 5.91 Å². The Hall–Kier alpha value is -1.79. The number of nitrogens with zero attached hydrogens (tertiary/aromatic N) is 2. The summed E-state index contributed by atoms with van der Waals surface area (Å²) in [7, 11) is 1.75. The molecule has 1 aromatic carbocycles. The number of guanidine groups is 1. The molecule has 1 amide bonds. The van der Waals surface area contributed by atoms with E-state index in [1.54, 1.807) is 7.05 Å². The van der Waals surface area contributed by atoms with E-state index < -0.39 is 0 Å². The second-order valence-electron chi connectivity index (χ2n) is 7.99. The Morgan fingerprint density at radius 1 is 1.21 bits per heavy atom. The highest BCUT2D eigenvalue weighted by atomic mass is 35.5. The zero-order valence-corrected chi connectivity index (χ0v) is 18.3. The molecule has 0 radical (unpaired) electrons. The maximum absolute atomic E-state index is 12.2. The molecule has 2 rings (SSSR count). The average molecular weight is 408 g/mol. The van der Waals surface area contributed by atoms with Crippen molar-refractivity contribution in [1.82, 2.24) is 15.5 Å². The van der Waals surface area contributed by atoms with Crippen molar-refractivity contribution in [2.24, 2.45) is 4.99 Å². The van der Waals surface area contributed by atoms with Crippen LogP contribution in [0.3, 0.4) is 0 Å². The highest BCUT2D eigenvalue weighted by Gasteiger charge is 2.27. The number of halogens is 1. The van der Waals surface area contributed by atoms with E-state index in [4.69, 9.17) is 11.6 Å². The van der Waals surface area contributed by atoms with Crippen molar-refractivity contribution in [3.05, 3.63) is 28.8 Å². The SMILES string of the molecule is CN=C(NCCC(=O)Nc1ccc(C)cc1Cl)NCC(C)(C)N1CCCCC1. The van der Waals surface area contributed by atoms with E-state index in [-0.39, 0.29) is 11.4 Å². The third kappa shape index (κ3) is 6.99. The molecule has 0 bridgehead atoms. The van der Waals surface area contributed by atoms with Crippen LogP contribution in [0.2, 0.25) is 5.02 Å².